The van der Waals surface area contributed by atoms with Gasteiger partial charge in [0, 0.05) is 53.6 Å². The Bertz CT molecular complexity index is 1310. The van der Waals surface area contributed by atoms with Crippen LogP contribution in [0.1, 0.15) is 28.4 Å². The van der Waals surface area contributed by atoms with E-state index in [4.69, 9.17) is 11.6 Å². The van der Waals surface area contributed by atoms with Gasteiger partial charge in [0.1, 0.15) is 0 Å². The van der Waals surface area contributed by atoms with Gasteiger partial charge >= 0.3 is 6.03 Å². The van der Waals surface area contributed by atoms with Crippen LogP contribution in [0.15, 0.2) is 66.7 Å². The maximum absolute atomic E-state index is 13.8. The Labute approximate surface area is 199 Å². The lowest BCUT2D eigenvalue weighted by Gasteiger charge is -2.38. The van der Waals surface area contributed by atoms with Crippen molar-refractivity contribution in [1.82, 2.24) is 9.88 Å². The molecule has 1 unspecified atom stereocenters. The Morgan fingerprint density at radius 3 is 2.52 bits per heavy atom. The van der Waals surface area contributed by atoms with Gasteiger partial charge in [-0.1, -0.05) is 41.4 Å². The molecular weight excluding hydrogens is 432 g/mol. The van der Waals surface area contributed by atoms with Gasteiger partial charge in [-0.15, -0.1) is 0 Å². The van der Waals surface area contributed by atoms with Gasteiger partial charge in [-0.3, -0.25) is 4.90 Å². The fourth-order valence-corrected chi connectivity index (χ4v) is 4.89. The molecule has 3 aromatic carbocycles. The molecule has 2 heterocycles. The summed E-state index contributed by atoms with van der Waals surface area (Å²) >= 11 is 6.31. The number of hydrogen-bond donors (Lipinski definition) is 2. The molecule has 1 aliphatic rings. The monoisotopic (exact) mass is 458 g/mol. The average molecular weight is 459 g/mol. The molecular formula is C27H27ClN4O. The summed E-state index contributed by atoms with van der Waals surface area (Å²) < 4.78 is 0. The first-order chi connectivity index (χ1) is 16.0. The Hall–Kier alpha value is -3.44. The lowest BCUT2D eigenvalue weighted by Crippen LogP contribution is -2.46. The number of carbonyl (C=O) groups excluding carboxylic acids is 1. The topological polar surface area (TPSA) is 51.4 Å². The summed E-state index contributed by atoms with van der Waals surface area (Å²) in [6.07, 6.45) is 0.772. The number of hydrogen-bond acceptors (Lipinski definition) is 2. The van der Waals surface area contributed by atoms with Gasteiger partial charge in [0.25, 0.3) is 0 Å². The molecule has 2 N–H and O–H groups in total. The quantitative estimate of drug-likeness (QED) is 0.374. The number of nitrogens with zero attached hydrogens (tertiary/aromatic N) is 2. The summed E-state index contributed by atoms with van der Waals surface area (Å²) in [7, 11) is 3.75. The number of halogens is 1. The lowest BCUT2D eigenvalue weighted by atomic mass is 9.92. The second-order valence-corrected chi connectivity index (χ2v) is 9.04. The van der Waals surface area contributed by atoms with Crippen molar-refractivity contribution in [3.63, 3.8) is 0 Å². The maximum atomic E-state index is 13.8. The number of aromatic nitrogens is 1. The molecule has 1 aliphatic heterocycles. The standard InChI is InChI=1S/C27H27ClN4O/c1-17-4-11-21(12-5-17)31(3)27(33)32-15-14-22-23-16-19(28)8-13-24(23)30-25(22)26(32)18-6-9-20(29-2)10-7-18/h4-13,16,26,29-30H,14-15H2,1-3H3. The van der Waals surface area contributed by atoms with Crippen LogP contribution >= 0.6 is 11.6 Å². The van der Waals surface area contributed by atoms with E-state index in [-0.39, 0.29) is 12.1 Å². The summed E-state index contributed by atoms with van der Waals surface area (Å²) in [6, 6.07) is 22.0. The van der Waals surface area contributed by atoms with Gasteiger partial charge in [-0.05, 0) is 66.9 Å². The van der Waals surface area contributed by atoms with Crippen LogP contribution in [0.3, 0.4) is 0 Å². The Kier molecular flexibility index (Phi) is 5.51. The van der Waals surface area contributed by atoms with Crippen molar-refractivity contribution in [2.24, 2.45) is 0 Å². The van der Waals surface area contributed by atoms with E-state index in [1.54, 1.807) is 4.90 Å². The van der Waals surface area contributed by atoms with Gasteiger partial charge in [-0.25, -0.2) is 4.79 Å². The molecule has 5 rings (SSSR count). The third kappa shape index (κ3) is 3.83. The zero-order valence-corrected chi connectivity index (χ0v) is 19.8. The van der Waals surface area contributed by atoms with Crippen LogP contribution in [0.5, 0.6) is 0 Å². The minimum Gasteiger partial charge on any atom is -0.388 e. The fourth-order valence-electron chi connectivity index (χ4n) is 4.72. The van der Waals surface area contributed by atoms with E-state index in [9.17, 15) is 4.79 Å². The number of fused-ring (bicyclic) bond motifs is 3. The van der Waals surface area contributed by atoms with Crippen LogP contribution in [-0.2, 0) is 6.42 Å². The molecule has 0 fully saturated rings. The summed E-state index contributed by atoms with van der Waals surface area (Å²) in [5.41, 5.74) is 7.48. The molecule has 0 saturated carbocycles. The van der Waals surface area contributed by atoms with Gasteiger partial charge in [0.2, 0.25) is 0 Å². The van der Waals surface area contributed by atoms with Gasteiger partial charge in [-0.2, -0.15) is 0 Å². The normalized spacial score (nSPS) is 15.4. The molecule has 6 heteroatoms. The molecule has 0 spiro atoms. The summed E-state index contributed by atoms with van der Waals surface area (Å²) in [5.74, 6) is 0. The maximum Gasteiger partial charge on any atom is 0.325 e. The Morgan fingerprint density at radius 2 is 1.82 bits per heavy atom. The molecule has 0 aliphatic carbocycles. The highest BCUT2D eigenvalue weighted by Crippen LogP contribution is 2.40. The molecule has 1 aromatic heterocycles. The lowest BCUT2D eigenvalue weighted by molar-refractivity contribution is 0.187. The number of H-pyrrole nitrogens is 1. The predicted molar refractivity (Wildman–Crippen MR) is 137 cm³/mol. The number of nitrogens with one attached hydrogen (secondary N) is 2. The third-order valence-corrected chi connectivity index (χ3v) is 6.79. The number of amides is 2. The first kappa shape index (κ1) is 21.4. The summed E-state index contributed by atoms with van der Waals surface area (Å²) in [5, 5.41) is 5.02. The van der Waals surface area contributed by atoms with Gasteiger partial charge < -0.3 is 15.2 Å². The van der Waals surface area contributed by atoms with Crippen molar-refractivity contribution in [1.29, 1.82) is 0 Å². The van der Waals surface area contributed by atoms with Crippen LogP contribution < -0.4 is 10.2 Å². The number of urea groups is 1. The van der Waals surface area contributed by atoms with E-state index < -0.39 is 0 Å². The van der Waals surface area contributed by atoms with Crippen molar-refractivity contribution in [2.45, 2.75) is 19.4 Å². The number of rotatable bonds is 3. The Balaban J connectivity index is 1.60. The number of benzene rings is 3. The molecule has 0 bridgehead atoms. The highest BCUT2D eigenvalue weighted by atomic mass is 35.5. The van der Waals surface area contributed by atoms with Crippen molar-refractivity contribution < 1.29 is 4.79 Å². The van der Waals surface area contributed by atoms with Crippen LogP contribution in [0, 0.1) is 6.92 Å². The van der Waals surface area contributed by atoms with Crippen LogP contribution in [0.2, 0.25) is 5.02 Å². The molecule has 168 valence electrons. The molecule has 2 amide bonds. The third-order valence-electron chi connectivity index (χ3n) is 6.56. The van der Waals surface area contributed by atoms with Crippen LogP contribution in [0.25, 0.3) is 10.9 Å². The first-order valence-electron chi connectivity index (χ1n) is 11.1. The summed E-state index contributed by atoms with van der Waals surface area (Å²) in [4.78, 5) is 21.1. The second-order valence-electron chi connectivity index (χ2n) is 8.60. The number of anilines is 2. The van der Waals surface area contributed by atoms with E-state index in [1.165, 1.54) is 11.1 Å². The van der Waals surface area contributed by atoms with Crippen LogP contribution in [0.4, 0.5) is 16.2 Å². The zero-order valence-electron chi connectivity index (χ0n) is 19.0. The molecule has 5 nitrogen and oxygen atoms in total. The molecule has 0 saturated heterocycles. The van der Waals surface area contributed by atoms with Gasteiger partial charge in [0.05, 0.1) is 6.04 Å². The number of aromatic amines is 1. The predicted octanol–water partition coefficient (Wildman–Crippen LogP) is 6.38. The number of carbonyl (C=O) groups is 1. The summed E-state index contributed by atoms with van der Waals surface area (Å²) in [6.45, 7) is 2.67. The van der Waals surface area contributed by atoms with Crippen molar-refractivity contribution in [3.05, 3.63) is 94.1 Å². The van der Waals surface area contributed by atoms with E-state index in [1.807, 2.05) is 68.4 Å². The van der Waals surface area contributed by atoms with Gasteiger partial charge in [0.15, 0.2) is 0 Å². The fraction of sp³-hybridized carbons (Fsp3) is 0.222. The molecule has 4 aromatic rings. The zero-order chi connectivity index (χ0) is 23.1. The van der Waals surface area contributed by atoms with E-state index in [0.29, 0.717) is 6.54 Å². The van der Waals surface area contributed by atoms with Crippen molar-refractivity contribution >= 4 is 39.9 Å². The van der Waals surface area contributed by atoms with E-state index >= 15 is 0 Å². The Morgan fingerprint density at radius 1 is 1.09 bits per heavy atom. The smallest absolute Gasteiger partial charge is 0.325 e. The van der Waals surface area contributed by atoms with E-state index in [0.717, 1.165) is 45.0 Å². The highest BCUT2D eigenvalue weighted by Gasteiger charge is 2.36. The minimum absolute atomic E-state index is 0.0242. The van der Waals surface area contributed by atoms with E-state index in [2.05, 4.69) is 34.6 Å². The van der Waals surface area contributed by atoms with Crippen LogP contribution in [-0.4, -0.2) is 36.6 Å². The van der Waals surface area contributed by atoms with Crippen molar-refractivity contribution in [2.75, 3.05) is 30.9 Å². The second kappa shape index (κ2) is 8.49. The van der Waals surface area contributed by atoms with Crippen molar-refractivity contribution in [3.8, 4) is 0 Å². The molecule has 0 radical (unpaired) electrons. The number of aryl methyl sites for hydroxylation is 1. The highest BCUT2D eigenvalue weighted by molar-refractivity contribution is 6.31. The molecule has 33 heavy (non-hydrogen) atoms. The SMILES string of the molecule is CNc1ccc(C2c3[nH]c4ccc(Cl)cc4c3CCN2C(=O)N(C)c2ccc(C)cc2)cc1. The largest absolute Gasteiger partial charge is 0.388 e. The minimum atomic E-state index is -0.216. The molecule has 1 atom stereocenters. The first-order valence-corrected chi connectivity index (χ1v) is 11.5. The average Bonchev–Trinajstić information content (AvgIpc) is 3.21.